The first-order valence-corrected chi connectivity index (χ1v) is 9.48. The third-order valence-corrected chi connectivity index (χ3v) is 5.16. The van der Waals surface area contributed by atoms with Crippen molar-refractivity contribution in [1.29, 1.82) is 0 Å². The molecule has 11 nitrogen and oxygen atoms in total. The zero-order valence-electron chi connectivity index (χ0n) is 15.4. The van der Waals surface area contributed by atoms with Crippen LogP contribution in [-0.4, -0.2) is 68.6 Å². The van der Waals surface area contributed by atoms with E-state index in [1.165, 1.54) is 30.8 Å². The molecule has 0 spiro atoms. The van der Waals surface area contributed by atoms with Crippen molar-refractivity contribution in [2.24, 2.45) is 0 Å². The predicted molar refractivity (Wildman–Crippen MR) is 106 cm³/mol. The maximum Gasteiger partial charge on any atom is 0.322 e. The number of hydrogen-bond donors (Lipinski definition) is 2. The largest absolute Gasteiger partial charge is 0.467 e. The maximum absolute atomic E-state index is 12.6. The summed E-state index contributed by atoms with van der Waals surface area (Å²) in [6.45, 7) is 3.70. The molecule has 12 heteroatoms. The Balaban J connectivity index is 1.45. The number of anilines is 3. The number of piperazine rings is 1. The number of nitrogens with zero attached hydrogens (tertiary/aromatic N) is 7. The lowest BCUT2D eigenvalue weighted by Crippen LogP contribution is -2.55. The number of thiazole rings is 1. The number of ether oxygens (including phenoxy) is 1. The van der Waals surface area contributed by atoms with Crippen LogP contribution in [0.25, 0.3) is 10.3 Å². The molecule has 2 amide bonds. The minimum absolute atomic E-state index is 0.0332. The first-order chi connectivity index (χ1) is 13.5. The zero-order valence-corrected chi connectivity index (χ0v) is 16.2. The highest BCUT2D eigenvalue weighted by molar-refractivity contribution is 7.16. The van der Waals surface area contributed by atoms with Gasteiger partial charge in [-0.15, -0.1) is 11.3 Å². The van der Waals surface area contributed by atoms with E-state index in [2.05, 4.69) is 35.1 Å². The summed E-state index contributed by atoms with van der Waals surface area (Å²) in [5.74, 6) is 0.929. The number of nitrogens with two attached hydrogens (primary N) is 1. The normalized spacial score (nSPS) is 17.0. The number of rotatable bonds is 3. The van der Waals surface area contributed by atoms with Gasteiger partial charge in [0.25, 0.3) is 0 Å². The molecule has 3 N–H and O–H groups in total. The standard InChI is InChI=1S/C16H19N9O2S/c1-9-7-24(16(26)21-10-5-18-15(27-2)19-6-10)3-4-25(9)12-11-13(28-8-20-11)23-14(17)22-12/h5-6,8-9H,3-4,7H2,1-2H3,(H,21,26)(H2,17,22,23)/t9-/m0/s1. The van der Waals surface area contributed by atoms with Gasteiger partial charge >= 0.3 is 12.0 Å². The summed E-state index contributed by atoms with van der Waals surface area (Å²) in [6.07, 6.45) is 3.01. The Bertz CT molecular complexity index is 993. The molecule has 1 saturated heterocycles. The van der Waals surface area contributed by atoms with Gasteiger partial charge in [-0.3, -0.25) is 0 Å². The molecule has 0 bridgehead atoms. The molecule has 28 heavy (non-hydrogen) atoms. The SMILES string of the molecule is COc1ncc(NC(=O)N2CCN(c3nc(N)nc4scnc34)[C@@H](C)C2)cn1. The lowest BCUT2D eigenvalue weighted by molar-refractivity contribution is 0.200. The van der Waals surface area contributed by atoms with Gasteiger partial charge in [0.2, 0.25) is 5.95 Å². The molecule has 3 aromatic heterocycles. The lowest BCUT2D eigenvalue weighted by atomic mass is 10.2. The summed E-state index contributed by atoms with van der Waals surface area (Å²) >= 11 is 1.43. The van der Waals surface area contributed by atoms with E-state index in [-0.39, 0.29) is 24.0 Å². The van der Waals surface area contributed by atoms with E-state index in [1.54, 1.807) is 10.4 Å². The minimum Gasteiger partial charge on any atom is -0.467 e. The van der Waals surface area contributed by atoms with Gasteiger partial charge in [0.05, 0.1) is 30.7 Å². The second kappa shape index (κ2) is 7.38. The number of nitrogens with one attached hydrogen (secondary N) is 1. The number of nitrogen functional groups attached to an aromatic ring is 1. The van der Waals surface area contributed by atoms with Gasteiger partial charge in [0.15, 0.2) is 10.6 Å². The Morgan fingerprint density at radius 1 is 1.29 bits per heavy atom. The summed E-state index contributed by atoms with van der Waals surface area (Å²) in [5, 5.41) is 2.80. The lowest BCUT2D eigenvalue weighted by Gasteiger charge is -2.40. The topological polar surface area (TPSA) is 135 Å². The van der Waals surface area contributed by atoms with Gasteiger partial charge in [0.1, 0.15) is 5.52 Å². The molecule has 0 aromatic carbocycles. The Labute approximate surface area is 164 Å². The van der Waals surface area contributed by atoms with Crippen LogP contribution in [-0.2, 0) is 0 Å². The molecule has 1 aliphatic rings. The summed E-state index contributed by atoms with van der Waals surface area (Å²) < 4.78 is 4.92. The average Bonchev–Trinajstić information content (AvgIpc) is 3.16. The van der Waals surface area contributed by atoms with E-state index in [9.17, 15) is 4.79 Å². The average molecular weight is 401 g/mol. The fourth-order valence-corrected chi connectivity index (χ4v) is 3.77. The summed E-state index contributed by atoms with van der Waals surface area (Å²) in [6, 6.07) is 0.0739. The fraction of sp³-hybridized carbons (Fsp3) is 0.375. The van der Waals surface area contributed by atoms with Gasteiger partial charge in [-0.25, -0.2) is 24.7 Å². The molecule has 0 unspecified atom stereocenters. The van der Waals surface area contributed by atoms with Gasteiger partial charge in [0, 0.05) is 25.7 Å². The Kier molecular flexibility index (Phi) is 4.77. The van der Waals surface area contributed by atoms with Crippen molar-refractivity contribution in [3.63, 3.8) is 0 Å². The van der Waals surface area contributed by atoms with E-state index < -0.39 is 0 Å². The van der Waals surface area contributed by atoms with Gasteiger partial charge in [-0.05, 0) is 6.92 Å². The molecule has 4 heterocycles. The second-order valence-electron chi connectivity index (χ2n) is 6.29. The summed E-state index contributed by atoms with van der Waals surface area (Å²) in [5.41, 5.74) is 8.83. The molecule has 1 fully saturated rings. The smallest absolute Gasteiger partial charge is 0.322 e. The number of methoxy groups -OCH3 is 1. The molecule has 1 atom stereocenters. The van der Waals surface area contributed by atoms with Gasteiger partial charge in [-0.2, -0.15) is 4.98 Å². The van der Waals surface area contributed by atoms with Crippen molar-refractivity contribution in [3.05, 3.63) is 17.9 Å². The molecule has 146 valence electrons. The number of fused-ring (bicyclic) bond motifs is 1. The summed E-state index contributed by atoms with van der Waals surface area (Å²) in [4.78, 5) is 38.2. The first-order valence-electron chi connectivity index (χ1n) is 8.60. The second-order valence-corrected chi connectivity index (χ2v) is 7.12. The number of aromatic nitrogens is 5. The van der Waals surface area contributed by atoms with Crippen molar-refractivity contribution >= 4 is 45.2 Å². The predicted octanol–water partition coefficient (Wildman–Crippen LogP) is 1.21. The van der Waals surface area contributed by atoms with Crippen LogP contribution in [0.5, 0.6) is 6.01 Å². The van der Waals surface area contributed by atoms with Crippen molar-refractivity contribution in [3.8, 4) is 6.01 Å². The molecule has 1 aliphatic heterocycles. The third-order valence-electron chi connectivity index (χ3n) is 4.45. The fourth-order valence-electron chi connectivity index (χ4n) is 3.11. The van der Waals surface area contributed by atoms with Crippen LogP contribution in [0.15, 0.2) is 17.9 Å². The highest BCUT2D eigenvalue weighted by Gasteiger charge is 2.29. The number of urea groups is 1. The van der Waals surface area contributed by atoms with E-state index in [0.29, 0.717) is 31.1 Å². The number of carbonyl (C=O) groups excluding carboxylic acids is 1. The van der Waals surface area contributed by atoms with E-state index in [4.69, 9.17) is 10.5 Å². The number of hydrogen-bond acceptors (Lipinski definition) is 10. The zero-order chi connectivity index (χ0) is 19.7. The summed E-state index contributed by atoms with van der Waals surface area (Å²) in [7, 11) is 1.49. The van der Waals surface area contributed by atoms with E-state index in [1.807, 2.05) is 6.92 Å². The molecule has 0 saturated carbocycles. The molecule has 0 radical (unpaired) electrons. The van der Waals surface area contributed by atoms with Gasteiger partial charge < -0.3 is 25.6 Å². The van der Waals surface area contributed by atoms with Crippen LogP contribution in [0.3, 0.4) is 0 Å². The third kappa shape index (κ3) is 3.45. The van der Waals surface area contributed by atoms with Gasteiger partial charge in [-0.1, -0.05) is 0 Å². The molecular formula is C16H19N9O2S. The first kappa shape index (κ1) is 18.1. The van der Waals surface area contributed by atoms with Crippen LogP contribution in [0.1, 0.15) is 6.92 Å². The van der Waals surface area contributed by atoms with Crippen molar-refractivity contribution < 1.29 is 9.53 Å². The van der Waals surface area contributed by atoms with Crippen molar-refractivity contribution in [1.82, 2.24) is 29.8 Å². The van der Waals surface area contributed by atoms with Crippen LogP contribution in [0.4, 0.5) is 22.2 Å². The molecular weight excluding hydrogens is 382 g/mol. The molecule has 3 aromatic rings. The number of carbonyl (C=O) groups is 1. The van der Waals surface area contributed by atoms with E-state index in [0.717, 1.165) is 10.3 Å². The monoisotopic (exact) mass is 401 g/mol. The van der Waals surface area contributed by atoms with E-state index >= 15 is 0 Å². The van der Waals surface area contributed by atoms with Crippen molar-refractivity contribution in [2.75, 3.05) is 42.7 Å². The quantitative estimate of drug-likeness (QED) is 0.663. The highest BCUT2D eigenvalue weighted by Crippen LogP contribution is 2.28. The Hall–Kier alpha value is -3.28. The molecule has 4 rings (SSSR count). The van der Waals surface area contributed by atoms with Crippen LogP contribution < -0.4 is 20.7 Å². The minimum atomic E-state index is -0.207. The number of amides is 2. The van der Waals surface area contributed by atoms with Crippen LogP contribution >= 0.6 is 11.3 Å². The van der Waals surface area contributed by atoms with Crippen molar-refractivity contribution in [2.45, 2.75) is 13.0 Å². The Morgan fingerprint density at radius 3 is 2.79 bits per heavy atom. The Morgan fingerprint density at radius 2 is 2.07 bits per heavy atom. The molecule has 0 aliphatic carbocycles. The maximum atomic E-state index is 12.6. The van der Waals surface area contributed by atoms with Crippen LogP contribution in [0, 0.1) is 0 Å². The van der Waals surface area contributed by atoms with Crippen LogP contribution in [0.2, 0.25) is 0 Å². The highest BCUT2D eigenvalue weighted by atomic mass is 32.1.